The number of halogens is 4. The molecule has 1 amide bonds. The van der Waals surface area contributed by atoms with E-state index in [1.807, 2.05) is 6.07 Å². The fourth-order valence-electron chi connectivity index (χ4n) is 3.02. The summed E-state index contributed by atoms with van der Waals surface area (Å²) in [6.07, 6.45) is -1.86. The number of anilines is 1. The lowest BCUT2D eigenvalue weighted by molar-refractivity contribution is -0.137. The molecule has 140 valence electrons. The highest BCUT2D eigenvalue weighted by atomic mass is 35.5. The van der Waals surface area contributed by atoms with E-state index < -0.39 is 11.7 Å². The molecular weight excluding hydrogens is 387 g/mol. The Balaban J connectivity index is 1.67. The summed E-state index contributed by atoms with van der Waals surface area (Å²) < 4.78 is 40.3. The van der Waals surface area contributed by atoms with Crippen LogP contribution in [0.3, 0.4) is 0 Å². The van der Waals surface area contributed by atoms with Gasteiger partial charge in [-0.25, -0.2) is 4.98 Å². The molecule has 0 spiro atoms. The summed E-state index contributed by atoms with van der Waals surface area (Å²) in [6.45, 7) is 1.03. The molecule has 1 aliphatic heterocycles. The fourth-order valence-corrected chi connectivity index (χ4v) is 4.05. The monoisotopic (exact) mass is 403 g/mol. The van der Waals surface area contributed by atoms with Gasteiger partial charge in [-0.2, -0.15) is 13.2 Å². The van der Waals surface area contributed by atoms with E-state index in [0.29, 0.717) is 30.3 Å². The third kappa shape index (κ3) is 4.48. The molecular formula is C17H17ClF3N3OS. The lowest BCUT2D eigenvalue weighted by Gasteiger charge is -2.34. The molecule has 4 nitrogen and oxygen atoms in total. The molecule has 0 aromatic carbocycles. The first-order valence-corrected chi connectivity index (χ1v) is 9.33. The molecule has 9 heteroatoms. The molecule has 1 saturated heterocycles. The number of nitrogens with zero attached hydrogens (tertiary/aromatic N) is 2. The Labute approximate surface area is 158 Å². The number of amides is 1. The summed E-state index contributed by atoms with van der Waals surface area (Å²) in [5.41, 5.74) is -0.769. The number of hydrogen-bond donors (Lipinski definition) is 1. The number of pyridine rings is 1. The van der Waals surface area contributed by atoms with Gasteiger partial charge < -0.3 is 10.2 Å². The van der Waals surface area contributed by atoms with Crippen LogP contribution in [-0.2, 0) is 17.5 Å². The number of piperidine rings is 1. The maximum atomic E-state index is 13.2. The molecule has 0 bridgehead atoms. The number of rotatable bonds is 4. The van der Waals surface area contributed by atoms with Gasteiger partial charge in [-0.05, 0) is 37.1 Å². The minimum atomic E-state index is -4.47. The number of carbonyl (C=O) groups excluding carboxylic acids is 1. The van der Waals surface area contributed by atoms with Gasteiger partial charge in [0.2, 0.25) is 5.91 Å². The van der Waals surface area contributed by atoms with Crippen LogP contribution in [0.4, 0.5) is 19.0 Å². The van der Waals surface area contributed by atoms with Crippen molar-refractivity contribution >= 4 is 34.7 Å². The van der Waals surface area contributed by atoms with Crippen molar-refractivity contribution in [2.45, 2.75) is 25.6 Å². The zero-order valence-corrected chi connectivity index (χ0v) is 15.3. The molecule has 3 rings (SSSR count). The predicted octanol–water partition coefficient (Wildman–Crippen LogP) is 4.35. The Kier molecular flexibility index (Phi) is 5.72. The van der Waals surface area contributed by atoms with Crippen molar-refractivity contribution in [3.05, 3.63) is 45.2 Å². The summed E-state index contributed by atoms with van der Waals surface area (Å²) in [6, 6.07) is 5.89. The Bertz CT molecular complexity index is 781. The molecule has 2 aromatic heterocycles. The van der Waals surface area contributed by atoms with Crippen LogP contribution in [-0.4, -0.2) is 24.0 Å². The largest absolute Gasteiger partial charge is 0.419 e. The van der Waals surface area contributed by atoms with E-state index in [0.717, 1.165) is 10.9 Å². The Morgan fingerprint density at radius 2 is 2.19 bits per heavy atom. The maximum absolute atomic E-state index is 13.2. The van der Waals surface area contributed by atoms with Crippen LogP contribution >= 0.6 is 22.9 Å². The van der Waals surface area contributed by atoms with Gasteiger partial charge in [0.15, 0.2) is 0 Å². The number of nitrogens with one attached hydrogen (secondary N) is 1. The zero-order chi connectivity index (χ0) is 18.7. The van der Waals surface area contributed by atoms with Crippen LogP contribution in [0.2, 0.25) is 4.34 Å². The van der Waals surface area contributed by atoms with E-state index in [1.54, 1.807) is 11.0 Å². The van der Waals surface area contributed by atoms with Crippen molar-refractivity contribution in [3.8, 4) is 0 Å². The van der Waals surface area contributed by atoms with E-state index in [1.165, 1.54) is 23.6 Å². The third-order valence-corrected chi connectivity index (χ3v) is 5.48. The quantitative estimate of drug-likeness (QED) is 0.825. The van der Waals surface area contributed by atoms with Gasteiger partial charge in [0.1, 0.15) is 5.82 Å². The fraction of sp³-hybridized carbons (Fsp3) is 0.412. The van der Waals surface area contributed by atoms with Gasteiger partial charge in [-0.15, -0.1) is 11.3 Å². The number of aromatic nitrogens is 1. The van der Waals surface area contributed by atoms with Crippen LogP contribution in [0.5, 0.6) is 0 Å². The summed E-state index contributed by atoms with van der Waals surface area (Å²) in [7, 11) is 0. The first-order chi connectivity index (χ1) is 12.3. The van der Waals surface area contributed by atoms with Gasteiger partial charge in [0, 0.05) is 24.2 Å². The van der Waals surface area contributed by atoms with Crippen LogP contribution < -0.4 is 10.2 Å². The van der Waals surface area contributed by atoms with Crippen molar-refractivity contribution < 1.29 is 18.0 Å². The van der Waals surface area contributed by atoms with E-state index >= 15 is 0 Å². The van der Waals surface area contributed by atoms with E-state index in [2.05, 4.69) is 10.3 Å². The molecule has 1 fully saturated rings. The molecule has 3 heterocycles. The second-order valence-electron chi connectivity index (χ2n) is 6.08. The van der Waals surface area contributed by atoms with Gasteiger partial charge in [-0.1, -0.05) is 11.6 Å². The maximum Gasteiger partial charge on any atom is 0.419 e. The summed E-state index contributed by atoms with van der Waals surface area (Å²) >= 11 is 7.25. The lowest BCUT2D eigenvalue weighted by Crippen LogP contribution is -2.43. The third-order valence-electron chi connectivity index (χ3n) is 4.25. The van der Waals surface area contributed by atoms with Crippen LogP contribution in [0, 0.1) is 5.92 Å². The van der Waals surface area contributed by atoms with Crippen LogP contribution in [0.1, 0.15) is 23.3 Å². The summed E-state index contributed by atoms with van der Waals surface area (Å²) in [4.78, 5) is 18.8. The molecule has 0 aliphatic carbocycles. The molecule has 1 aliphatic rings. The highest BCUT2D eigenvalue weighted by Gasteiger charge is 2.37. The summed E-state index contributed by atoms with van der Waals surface area (Å²) in [5, 5.41) is 2.84. The Morgan fingerprint density at radius 1 is 1.38 bits per heavy atom. The molecule has 2 aromatic rings. The van der Waals surface area contributed by atoms with Crippen molar-refractivity contribution in [2.24, 2.45) is 5.92 Å². The molecule has 26 heavy (non-hydrogen) atoms. The minimum Gasteiger partial charge on any atom is -0.355 e. The highest BCUT2D eigenvalue weighted by molar-refractivity contribution is 7.16. The van der Waals surface area contributed by atoms with Crippen molar-refractivity contribution in [2.75, 3.05) is 18.0 Å². The smallest absolute Gasteiger partial charge is 0.355 e. The summed E-state index contributed by atoms with van der Waals surface area (Å²) in [5.74, 6) is -0.645. The van der Waals surface area contributed by atoms with E-state index in [-0.39, 0.29) is 24.2 Å². The molecule has 0 radical (unpaired) electrons. The van der Waals surface area contributed by atoms with Crippen LogP contribution in [0.15, 0.2) is 30.5 Å². The van der Waals surface area contributed by atoms with E-state index in [9.17, 15) is 18.0 Å². The minimum absolute atomic E-state index is 0.109. The number of alkyl halides is 3. The average molecular weight is 404 g/mol. The zero-order valence-electron chi connectivity index (χ0n) is 13.7. The van der Waals surface area contributed by atoms with Gasteiger partial charge >= 0.3 is 6.18 Å². The second-order valence-corrected chi connectivity index (χ2v) is 7.88. The molecule has 1 N–H and O–H groups in total. The number of carbonyl (C=O) groups is 1. The first-order valence-electron chi connectivity index (χ1n) is 8.13. The normalized spacial score (nSPS) is 18.0. The lowest BCUT2D eigenvalue weighted by atomic mass is 9.96. The standard InChI is InChI=1S/C17H17ClF3N3OS/c18-14-6-5-12(26-14)9-23-16(25)11-3-2-8-24(10-11)15-13(17(19,20)21)4-1-7-22-15/h1,4-7,11H,2-3,8-10H2,(H,23,25). The predicted molar refractivity (Wildman–Crippen MR) is 95.4 cm³/mol. The van der Waals surface area contributed by atoms with Crippen molar-refractivity contribution in [3.63, 3.8) is 0 Å². The van der Waals surface area contributed by atoms with Crippen LogP contribution in [0.25, 0.3) is 0 Å². The number of hydrogen-bond acceptors (Lipinski definition) is 4. The van der Waals surface area contributed by atoms with E-state index in [4.69, 9.17) is 11.6 Å². The average Bonchev–Trinajstić information content (AvgIpc) is 3.04. The molecule has 1 atom stereocenters. The second kappa shape index (κ2) is 7.84. The SMILES string of the molecule is O=C(NCc1ccc(Cl)s1)C1CCCN(c2ncccc2C(F)(F)F)C1. The number of thiophene rings is 1. The molecule has 1 unspecified atom stereocenters. The van der Waals surface area contributed by atoms with Crippen molar-refractivity contribution in [1.29, 1.82) is 0 Å². The Hall–Kier alpha value is -1.80. The van der Waals surface area contributed by atoms with Gasteiger partial charge in [-0.3, -0.25) is 4.79 Å². The first kappa shape index (κ1) is 19.0. The highest BCUT2D eigenvalue weighted by Crippen LogP contribution is 2.36. The van der Waals surface area contributed by atoms with Crippen molar-refractivity contribution in [1.82, 2.24) is 10.3 Å². The van der Waals surface area contributed by atoms with Gasteiger partial charge in [0.05, 0.1) is 22.4 Å². The Morgan fingerprint density at radius 3 is 2.88 bits per heavy atom. The van der Waals surface area contributed by atoms with Gasteiger partial charge in [0.25, 0.3) is 0 Å². The topological polar surface area (TPSA) is 45.2 Å². The molecule has 0 saturated carbocycles.